The molecule has 1 aliphatic rings. The number of carbonyl (C=O) groups is 1. The summed E-state index contributed by atoms with van der Waals surface area (Å²) in [5.41, 5.74) is 6.11. The van der Waals surface area contributed by atoms with Gasteiger partial charge in [-0.15, -0.1) is 0 Å². The van der Waals surface area contributed by atoms with E-state index in [9.17, 15) is 4.79 Å². The lowest BCUT2D eigenvalue weighted by atomic mass is 10.1. The van der Waals surface area contributed by atoms with Crippen LogP contribution in [0.5, 0.6) is 0 Å². The first-order valence-electron chi connectivity index (χ1n) is 9.20. The maximum absolute atomic E-state index is 12.8. The number of aromatic amines is 1. The van der Waals surface area contributed by atoms with Gasteiger partial charge in [-0.25, -0.2) is 0 Å². The van der Waals surface area contributed by atoms with E-state index in [1.54, 1.807) is 12.4 Å². The summed E-state index contributed by atoms with van der Waals surface area (Å²) in [6, 6.07) is 12.0. The van der Waals surface area contributed by atoms with Crippen molar-refractivity contribution in [3.8, 4) is 11.3 Å². The number of hydrogen-bond donors (Lipinski definition) is 1. The second-order valence-corrected chi connectivity index (χ2v) is 6.90. The first-order valence-corrected chi connectivity index (χ1v) is 9.20. The van der Waals surface area contributed by atoms with E-state index in [2.05, 4.69) is 52.1 Å². The molecule has 6 heteroatoms. The fraction of sp³-hybridized carbons (Fsp3) is 0.286. The van der Waals surface area contributed by atoms with Crippen LogP contribution in [0.2, 0.25) is 0 Å². The molecule has 0 unspecified atom stereocenters. The van der Waals surface area contributed by atoms with Crippen LogP contribution in [0.15, 0.2) is 48.8 Å². The van der Waals surface area contributed by atoms with Crippen LogP contribution in [0.1, 0.15) is 21.6 Å². The van der Waals surface area contributed by atoms with Crippen molar-refractivity contribution in [2.24, 2.45) is 0 Å². The molecule has 4 rings (SSSR count). The van der Waals surface area contributed by atoms with E-state index in [0.717, 1.165) is 24.3 Å². The number of hydrogen-bond acceptors (Lipinski definition) is 4. The number of nitrogens with zero attached hydrogens (tertiary/aromatic N) is 4. The van der Waals surface area contributed by atoms with Crippen molar-refractivity contribution >= 4 is 11.6 Å². The van der Waals surface area contributed by atoms with Gasteiger partial charge in [-0.3, -0.25) is 14.9 Å². The van der Waals surface area contributed by atoms with Crippen LogP contribution >= 0.6 is 0 Å². The van der Waals surface area contributed by atoms with Crippen molar-refractivity contribution in [2.75, 3.05) is 31.1 Å². The van der Waals surface area contributed by atoms with Crippen molar-refractivity contribution in [3.05, 3.63) is 65.6 Å². The summed E-state index contributed by atoms with van der Waals surface area (Å²) in [4.78, 5) is 21.1. The van der Waals surface area contributed by atoms with Crippen molar-refractivity contribution in [3.63, 3.8) is 0 Å². The van der Waals surface area contributed by atoms with Gasteiger partial charge in [0.25, 0.3) is 5.91 Å². The zero-order chi connectivity index (χ0) is 18.8. The number of aromatic nitrogens is 3. The van der Waals surface area contributed by atoms with Crippen LogP contribution in [-0.2, 0) is 0 Å². The van der Waals surface area contributed by atoms with E-state index in [-0.39, 0.29) is 5.91 Å². The fourth-order valence-electron chi connectivity index (χ4n) is 3.50. The smallest absolute Gasteiger partial charge is 0.272 e. The fourth-order valence-corrected chi connectivity index (χ4v) is 3.50. The molecule has 0 atom stereocenters. The van der Waals surface area contributed by atoms with Crippen LogP contribution in [0.3, 0.4) is 0 Å². The summed E-state index contributed by atoms with van der Waals surface area (Å²) in [6.45, 7) is 7.37. The molecule has 138 valence electrons. The number of nitrogens with one attached hydrogen (secondary N) is 1. The van der Waals surface area contributed by atoms with Gasteiger partial charge in [-0.1, -0.05) is 12.1 Å². The Balaban J connectivity index is 1.43. The number of piperazine rings is 1. The Hall–Kier alpha value is -3.15. The van der Waals surface area contributed by atoms with Gasteiger partial charge in [0.05, 0.1) is 5.69 Å². The summed E-state index contributed by atoms with van der Waals surface area (Å²) in [5.74, 6) is 0.00317. The standard InChI is InChI=1S/C21H23N5O/c1-15-4-3-5-20(16(15)2)25-10-12-26(13-11-25)21(27)19-14-18(23-24-19)17-6-8-22-9-7-17/h3-9,14H,10-13H2,1-2H3,(H,23,24). The van der Waals surface area contributed by atoms with E-state index in [1.807, 2.05) is 23.1 Å². The molecule has 1 saturated heterocycles. The van der Waals surface area contributed by atoms with E-state index in [0.29, 0.717) is 18.8 Å². The predicted octanol–water partition coefficient (Wildman–Crippen LogP) is 3.05. The number of H-pyrrole nitrogens is 1. The highest BCUT2D eigenvalue weighted by molar-refractivity contribution is 5.93. The SMILES string of the molecule is Cc1cccc(N2CCN(C(=O)c3cc(-c4ccncc4)n[nH]3)CC2)c1C. The number of anilines is 1. The minimum atomic E-state index is 0.00317. The Kier molecular flexibility index (Phi) is 4.62. The lowest BCUT2D eigenvalue weighted by Crippen LogP contribution is -2.49. The minimum absolute atomic E-state index is 0.00317. The molecule has 1 aromatic carbocycles. The number of amides is 1. The van der Waals surface area contributed by atoms with E-state index in [4.69, 9.17) is 0 Å². The Morgan fingerprint density at radius 3 is 2.52 bits per heavy atom. The maximum atomic E-state index is 12.8. The van der Waals surface area contributed by atoms with Gasteiger partial charge >= 0.3 is 0 Å². The summed E-state index contributed by atoms with van der Waals surface area (Å²) in [5, 5.41) is 7.16. The summed E-state index contributed by atoms with van der Waals surface area (Å²) in [6.07, 6.45) is 3.44. The molecule has 1 fully saturated rings. The van der Waals surface area contributed by atoms with Gasteiger partial charge in [0, 0.05) is 49.8 Å². The normalized spacial score (nSPS) is 14.4. The Morgan fingerprint density at radius 1 is 1.04 bits per heavy atom. The molecule has 0 saturated carbocycles. The predicted molar refractivity (Wildman–Crippen MR) is 106 cm³/mol. The Labute approximate surface area is 158 Å². The van der Waals surface area contributed by atoms with Gasteiger partial charge in [0.2, 0.25) is 0 Å². The number of benzene rings is 1. The molecule has 3 heterocycles. The summed E-state index contributed by atoms with van der Waals surface area (Å²) >= 11 is 0. The second-order valence-electron chi connectivity index (χ2n) is 6.90. The van der Waals surface area contributed by atoms with Crippen LogP contribution in [0.25, 0.3) is 11.3 Å². The van der Waals surface area contributed by atoms with Gasteiger partial charge in [-0.2, -0.15) is 5.10 Å². The number of carbonyl (C=O) groups excluding carboxylic acids is 1. The first-order chi connectivity index (χ1) is 13.1. The third-order valence-electron chi connectivity index (χ3n) is 5.27. The molecule has 0 aliphatic carbocycles. The molecule has 1 N–H and O–H groups in total. The molecule has 3 aromatic rings. The molecule has 6 nitrogen and oxygen atoms in total. The molecular weight excluding hydrogens is 338 g/mol. The van der Waals surface area contributed by atoms with Gasteiger partial charge < -0.3 is 9.80 Å². The number of rotatable bonds is 3. The van der Waals surface area contributed by atoms with Crippen LogP contribution in [0.4, 0.5) is 5.69 Å². The van der Waals surface area contributed by atoms with Crippen molar-refractivity contribution in [2.45, 2.75) is 13.8 Å². The number of aryl methyl sites for hydroxylation is 1. The van der Waals surface area contributed by atoms with Crippen LogP contribution in [0, 0.1) is 13.8 Å². The van der Waals surface area contributed by atoms with Gasteiger partial charge in [-0.05, 0) is 49.2 Å². The molecule has 0 radical (unpaired) electrons. The average molecular weight is 361 g/mol. The second kappa shape index (κ2) is 7.23. The Bertz CT molecular complexity index is 942. The molecule has 27 heavy (non-hydrogen) atoms. The Morgan fingerprint density at radius 2 is 1.78 bits per heavy atom. The summed E-state index contributed by atoms with van der Waals surface area (Å²) < 4.78 is 0. The number of pyridine rings is 1. The molecular formula is C21H23N5O. The zero-order valence-electron chi connectivity index (χ0n) is 15.6. The minimum Gasteiger partial charge on any atom is -0.368 e. The first kappa shape index (κ1) is 17.3. The molecule has 1 amide bonds. The maximum Gasteiger partial charge on any atom is 0.272 e. The summed E-state index contributed by atoms with van der Waals surface area (Å²) in [7, 11) is 0. The molecule has 0 bridgehead atoms. The quantitative estimate of drug-likeness (QED) is 0.779. The highest BCUT2D eigenvalue weighted by Gasteiger charge is 2.24. The largest absolute Gasteiger partial charge is 0.368 e. The molecule has 1 aliphatic heterocycles. The van der Waals surface area contributed by atoms with E-state index >= 15 is 0 Å². The highest BCUT2D eigenvalue weighted by Crippen LogP contribution is 2.24. The van der Waals surface area contributed by atoms with Crippen molar-refractivity contribution in [1.29, 1.82) is 0 Å². The lowest BCUT2D eigenvalue weighted by molar-refractivity contribution is 0.0741. The van der Waals surface area contributed by atoms with Gasteiger partial charge in [0.1, 0.15) is 5.69 Å². The topological polar surface area (TPSA) is 65.1 Å². The molecule has 0 spiro atoms. The van der Waals surface area contributed by atoms with Crippen LogP contribution in [-0.4, -0.2) is 52.2 Å². The van der Waals surface area contributed by atoms with E-state index < -0.39 is 0 Å². The monoisotopic (exact) mass is 361 g/mol. The molecule has 2 aromatic heterocycles. The lowest BCUT2D eigenvalue weighted by Gasteiger charge is -2.36. The van der Waals surface area contributed by atoms with Crippen molar-refractivity contribution in [1.82, 2.24) is 20.1 Å². The van der Waals surface area contributed by atoms with Crippen LogP contribution < -0.4 is 4.90 Å². The third-order valence-corrected chi connectivity index (χ3v) is 5.27. The average Bonchev–Trinajstić information content (AvgIpc) is 3.21. The van der Waals surface area contributed by atoms with Crippen molar-refractivity contribution < 1.29 is 4.79 Å². The van der Waals surface area contributed by atoms with Gasteiger partial charge in [0.15, 0.2) is 0 Å². The third kappa shape index (κ3) is 3.43. The highest BCUT2D eigenvalue weighted by atomic mass is 16.2. The zero-order valence-corrected chi connectivity index (χ0v) is 15.6. The van der Waals surface area contributed by atoms with E-state index in [1.165, 1.54) is 16.8 Å².